The maximum absolute atomic E-state index is 10.5. The summed E-state index contributed by atoms with van der Waals surface area (Å²) in [5, 5.41) is 0. The summed E-state index contributed by atoms with van der Waals surface area (Å²) in [6.07, 6.45) is 5.84. The Morgan fingerprint density at radius 1 is 1.33 bits per heavy atom. The smallest absolute Gasteiger partial charge is 0.312 e. The normalized spacial score (nSPS) is 22.7. The first-order chi connectivity index (χ1) is 4.21. The molecule has 50 valence electrons. The van der Waals surface area contributed by atoms with Crippen molar-refractivity contribution in [2.24, 2.45) is 0 Å². The van der Waals surface area contributed by atoms with Gasteiger partial charge in [-0.05, 0) is 6.08 Å². The van der Waals surface area contributed by atoms with Crippen LogP contribution in [0.15, 0.2) is 24.5 Å². The minimum atomic E-state index is -3.29. The molecule has 0 aliphatic carbocycles. The quantitative estimate of drug-likeness (QED) is 0.465. The summed E-state index contributed by atoms with van der Waals surface area (Å²) in [5.74, 6) is -0.0417. The molecule has 0 saturated heterocycles. The van der Waals surface area contributed by atoms with Gasteiger partial charge >= 0.3 is 10.1 Å². The predicted molar refractivity (Wildman–Crippen MR) is 33.2 cm³/mol. The fraction of sp³-hybridized carbons (Fsp3) is 0.200. The molecule has 0 spiro atoms. The van der Waals surface area contributed by atoms with Gasteiger partial charge in [-0.3, -0.25) is 0 Å². The van der Waals surface area contributed by atoms with Crippen LogP contribution in [0, 0.1) is 0 Å². The summed E-state index contributed by atoms with van der Waals surface area (Å²) in [5.41, 5.74) is 0. The first kappa shape index (κ1) is 6.35. The standard InChI is InChI=1S/C5H6O3S/c6-9(7)5-3-1-2-4-8-9/h1-4H,5H2. The Morgan fingerprint density at radius 2 is 2.11 bits per heavy atom. The van der Waals surface area contributed by atoms with Crippen molar-refractivity contribution in [3.63, 3.8) is 0 Å². The third-order valence-electron chi connectivity index (χ3n) is 0.828. The largest absolute Gasteiger partial charge is 0.390 e. The van der Waals surface area contributed by atoms with Gasteiger partial charge < -0.3 is 4.18 Å². The average molecular weight is 146 g/mol. The Bertz CT molecular complexity index is 215. The molecule has 0 aromatic rings. The van der Waals surface area contributed by atoms with E-state index in [1.165, 1.54) is 12.2 Å². The lowest BCUT2D eigenvalue weighted by molar-refractivity contribution is 0.447. The van der Waals surface area contributed by atoms with Gasteiger partial charge in [0.25, 0.3) is 0 Å². The molecule has 1 rings (SSSR count). The molecule has 1 aliphatic rings. The highest BCUT2D eigenvalue weighted by Crippen LogP contribution is 1.98. The minimum absolute atomic E-state index is 0.0417. The fourth-order valence-electron chi connectivity index (χ4n) is 0.453. The summed E-state index contributed by atoms with van der Waals surface area (Å²) in [4.78, 5) is 0. The second kappa shape index (κ2) is 2.23. The van der Waals surface area contributed by atoms with Gasteiger partial charge in [0.05, 0.1) is 0 Å². The maximum Gasteiger partial charge on any atom is 0.312 e. The molecule has 0 N–H and O–H groups in total. The van der Waals surface area contributed by atoms with Crippen molar-refractivity contribution in [3.8, 4) is 0 Å². The molecule has 0 fully saturated rings. The Hall–Kier alpha value is -0.770. The van der Waals surface area contributed by atoms with Crippen molar-refractivity contribution in [2.45, 2.75) is 0 Å². The molecule has 9 heavy (non-hydrogen) atoms. The molecule has 0 aromatic heterocycles. The van der Waals surface area contributed by atoms with Gasteiger partial charge in [0.15, 0.2) is 0 Å². The topological polar surface area (TPSA) is 43.4 Å². The number of hydrogen-bond acceptors (Lipinski definition) is 3. The van der Waals surface area contributed by atoms with Crippen LogP contribution in [-0.4, -0.2) is 14.2 Å². The van der Waals surface area contributed by atoms with Gasteiger partial charge in [-0.15, -0.1) is 0 Å². The number of allylic oxidation sites excluding steroid dienone is 2. The summed E-state index contributed by atoms with van der Waals surface area (Å²) < 4.78 is 25.4. The van der Waals surface area contributed by atoms with Crippen LogP contribution in [0.5, 0.6) is 0 Å². The molecular weight excluding hydrogens is 140 g/mol. The molecule has 0 radical (unpaired) electrons. The van der Waals surface area contributed by atoms with E-state index in [0.29, 0.717) is 0 Å². The lowest BCUT2D eigenvalue weighted by Crippen LogP contribution is -2.03. The lowest BCUT2D eigenvalue weighted by Gasteiger charge is -1.94. The summed E-state index contributed by atoms with van der Waals surface area (Å²) >= 11 is 0. The van der Waals surface area contributed by atoms with Crippen LogP contribution in [0.4, 0.5) is 0 Å². The first-order valence-corrected chi connectivity index (χ1v) is 4.01. The molecule has 1 aliphatic heterocycles. The third-order valence-corrected chi connectivity index (χ3v) is 1.83. The van der Waals surface area contributed by atoms with Crippen LogP contribution in [0.2, 0.25) is 0 Å². The molecule has 4 heteroatoms. The molecule has 0 aromatic carbocycles. The molecule has 0 amide bonds. The van der Waals surface area contributed by atoms with Crippen LogP contribution >= 0.6 is 0 Å². The summed E-state index contributed by atoms with van der Waals surface area (Å²) in [7, 11) is -3.29. The van der Waals surface area contributed by atoms with Crippen molar-refractivity contribution in [2.75, 3.05) is 5.75 Å². The van der Waals surface area contributed by atoms with Crippen molar-refractivity contribution >= 4 is 10.1 Å². The third kappa shape index (κ3) is 1.89. The second-order valence-electron chi connectivity index (χ2n) is 1.58. The van der Waals surface area contributed by atoms with E-state index in [0.717, 1.165) is 6.26 Å². The van der Waals surface area contributed by atoms with Gasteiger partial charge in [0.2, 0.25) is 0 Å². The zero-order chi connectivity index (χ0) is 6.74. The molecule has 0 unspecified atom stereocenters. The van der Waals surface area contributed by atoms with E-state index in [2.05, 4.69) is 4.18 Å². The first-order valence-electron chi connectivity index (χ1n) is 2.43. The fourth-order valence-corrected chi connectivity index (χ4v) is 1.11. The SMILES string of the molecule is O=S1(=O)CC=CC=CO1. The second-order valence-corrected chi connectivity index (χ2v) is 3.22. The Kier molecular flexibility index (Phi) is 1.57. The maximum atomic E-state index is 10.5. The highest BCUT2D eigenvalue weighted by Gasteiger charge is 2.06. The molecule has 0 bridgehead atoms. The van der Waals surface area contributed by atoms with E-state index >= 15 is 0 Å². The van der Waals surface area contributed by atoms with E-state index < -0.39 is 10.1 Å². The van der Waals surface area contributed by atoms with Crippen molar-refractivity contribution in [1.29, 1.82) is 0 Å². The molecule has 3 nitrogen and oxygen atoms in total. The van der Waals surface area contributed by atoms with E-state index in [9.17, 15) is 8.42 Å². The van der Waals surface area contributed by atoms with Gasteiger partial charge in [0.1, 0.15) is 12.0 Å². The van der Waals surface area contributed by atoms with Crippen LogP contribution in [-0.2, 0) is 14.3 Å². The van der Waals surface area contributed by atoms with E-state index in [1.54, 1.807) is 6.08 Å². The Morgan fingerprint density at radius 3 is 2.89 bits per heavy atom. The zero-order valence-electron chi connectivity index (χ0n) is 4.65. The van der Waals surface area contributed by atoms with E-state index in [1.807, 2.05) is 0 Å². The highest BCUT2D eigenvalue weighted by molar-refractivity contribution is 7.86. The predicted octanol–water partition coefficient (Wildman–Crippen LogP) is 0.416. The summed E-state index contributed by atoms with van der Waals surface area (Å²) in [6.45, 7) is 0. The molecule has 0 saturated carbocycles. The van der Waals surface area contributed by atoms with Crippen molar-refractivity contribution in [3.05, 3.63) is 24.5 Å². The minimum Gasteiger partial charge on any atom is -0.390 e. The van der Waals surface area contributed by atoms with Crippen LogP contribution < -0.4 is 0 Å². The van der Waals surface area contributed by atoms with Gasteiger partial charge in [0, 0.05) is 0 Å². The molecule has 0 atom stereocenters. The summed E-state index contributed by atoms with van der Waals surface area (Å²) in [6, 6.07) is 0. The average Bonchev–Trinajstić information content (AvgIpc) is 1.92. The van der Waals surface area contributed by atoms with Gasteiger partial charge in [-0.25, -0.2) is 0 Å². The van der Waals surface area contributed by atoms with Crippen LogP contribution in [0.3, 0.4) is 0 Å². The van der Waals surface area contributed by atoms with Gasteiger partial charge in [-0.2, -0.15) is 8.42 Å². The van der Waals surface area contributed by atoms with E-state index in [4.69, 9.17) is 0 Å². The Balaban J connectivity index is 2.86. The monoisotopic (exact) mass is 146 g/mol. The van der Waals surface area contributed by atoms with Gasteiger partial charge in [-0.1, -0.05) is 12.2 Å². The van der Waals surface area contributed by atoms with E-state index in [-0.39, 0.29) is 5.75 Å². The number of rotatable bonds is 0. The zero-order valence-corrected chi connectivity index (χ0v) is 5.47. The Labute approximate surface area is 53.8 Å². The lowest BCUT2D eigenvalue weighted by atomic mass is 10.5. The van der Waals surface area contributed by atoms with Crippen LogP contribution in [0.25, 0.3) is 0 Å². The molecular formula is C5H6O3S. The number of hydrogen-bond donors (Lipinski definition) is 0. The highest BCUT2D eigenvalue weighted by atomic mass is 32.2. The van der Waals surface area contributed by atoms with Crippen molar-refractivity contribution in [1.82, 2.24) is 0 Å². The van der Waals surface area contributed by atoms with Crippen molar-refractivity contribution < 1.29 is 12.6 Å². The molecule has 1 heterocycles. The van der Waals surface area contributed by atoms with Crippen LogP contribution in [0.1, 0.15) is 0 Å².